The summed E-state index contributed by atoms with van der Waals surface area (Å²) in [7, 11) is 0. The lowest BCUT2D eigenvalue weighted by molar-refractivity contribution is 0.174. The molecule has 2 N–H and O–H groups in total. The summed E-state index contributed by atoms with van der Waals surface area (Å²) in [6.07, 6.45) is 0. The number of aromatic nitrogens is 1. The first-order chi connectivity index (χ1) is 13.8. The number of hydrogen-bond donors (Lipinski definition) is 2. The SMILES string of the molecule is CCNC(=NCc1ccc2c(c1)OCO2)NCc1nc(-c2ccccc2)cs1. The number of benzene rings is 2. The minimum atomic E-state index is 0.283. The lowest BCUT2D eigenvalue weighted by Gasteiger charge is -2.10. The summed E-state index contributed by atoms with van der Waals surface area (Å²) in [5, 5.41) is 9.74. The van der Waals surface area contributed by atoms with E-state index in [4.69, 9.17) is 14.5 Å². The average Bonchev–Trinajstić information content (AvgIpc) is 3.40. The molecule has 0 fully saturated rings. The largest absolute Gasteiger partial charge is 0.454 e. The standard InChI is InChI=1S/C21H22N4O2S/c1-2-22-21(23-11-15-8-9-18-19(10-15)27-14-26-18)24-12-20-25-17(13-28-20)16-6-4-3-5-7-16/h3-10,13H,2,11-12,14H2,1H3,(H2,22,23,24). The Hall–Kier alpha value is -3.06. The highest BCUT2D eigenvalue weighted by Gasteiger charge is 2.13. The van der Waals surface area contributed by atoms with Crippen molar-refractivity contribution >= 4 is 17.3 Å². The summed E-state index contributed by atoms with van der Waals surface area (Å²) in [6, 6.07) is 16.1. The second-order valence-electron chi connectivity index (χ2n) is 6.23. The van der Waals surface area contributed by atoms with Crippen LogP contribution in [0.4, 0.5) is 0 Å². The second-order valence-corrected chi connectivity index (χ2v) is 7.17. The molecule has 3 aromatic rings. The Kier molecular flexibility index (Phi) is 5.72. The van der Waals surface area contributed by atoms with Gasteiger partial charge in [0, 0.05) is 17.5 Å². The van der Waals surface area contributed by atoms with Gasteiger partial charge in [-0.05, 0) is 24.6 Å². The predicted molar refractivity (Wildman–Crippen MR) is 112 cm³/mol. The summed E-state index contributed by atoms with van der Waals surface area (Å²) >= 11 is 1.65. The van der Waals surface area contributed by atoms with Crippen LogP contribution in [0.5, 0.6) is 11.5 Å². The van der Waals surface area contributed by atoms with E-state index in [9.17, 15) is 0 Å². The van der Waals surface area contributed by atoms with E-state index in [0.717, 1.165) is 45.8 Å². The molecule has 1 aliphatic heterocycles. The number of hydrogen-bond acceptors (Lipinski definition) is 5. The summed E-state index contributed by atoms with van der Waals surface area (Å²) in [6.45, 7) is 4.31. The molecule has 0 amide bonds. The van der Waals surface area contributed by atoms with Gasteiger partial charge in [-0.1, -0.05) is 36.4 Å². The molecule has 28 heavy (non-hydrogen) atoms. The van der Waals surface area contributed by atoms with Crippen LogP contribution in [0.1, 0.15) is 17.5 Å². The van der Waals surface area contributed by atoms with Crippen LogP contribution in [0.2, 0.25) is 0 Å². The quantitative estimate of drug-likeness (QED) is 0.492. The van der Waals surface area contributed by atoms with Crippen LogP contribution in [0.25, 0.3) is 11.3 Å². The van der Waals surface area contributed by atoms with Gasteiger partial charge in [0.1, 0.15) is 5.01 Å². The number of nitrogens with zero attached hydrogens (tertiary/aromatic N) is 2. The highest BCUT2D eigenvalue weighted by Crippen LogP contribution is 2.32. The molecule has 0 bridgehead atoms. The maximum Gasteiger partial charge on any atom is 0.231 e. The zero-order valence-corrected chi connectivity index (χ0v) is 16.5. The Morgan fingerprint density at radius 3 is 2.82 bits per heavy atom. The molecule has 1 aromatic heterocycles. The Morgan fingerprint density at radius 1 is 1.11 bits per heavy atom. The Balaban J connectivity index is 1.38. The zero-order chi connectivity index (χ0) is 19.2. The van der Waals surface area contributed by atoms with Gasteiger partial charge in [0.2, 0.25) is 6.79 Å². The van der Waals surface area contributed by atoms with Gasteiger partial charge in [-0.25, -0.2) is 9.98 Å². The molecule has 0 atom stereocenters. The van der Waals surface area contributed by atoms with E-state index in [1.54, 1.807) is 11.3 Å². The first kappa shape index (κ1) is 18.3. The van der Waals surface area contributed by atoms with Crippen molar-refractivity contribution in [3.8, 4) is 22.8 Å². The fraction of sp³-hybridized carbons (Fsp3) is 0.238. The molecule has 1 aliphatic rings. The van der Waals surface area contributed by atoms with Gasteiger partial charge in [-0.15, -0.1) is 11.3 Å². The maximum atomic E-state index is 5.43. The minimum absolute atomic E-state index is 0.283. The van der Waals surface area contributed by atoms with Crippen molar-refractivity contribution in [1.29, 1.82) is 0 Å². The van der Waals surface area contributed by atoms with Crippen LogP contribution in [0, 0.1) is 0 Å². The van der Waals surface area contributed by atoms with E-state index in [0.29, 0.717) is 13.1 Å². The van der Waals surface area contributed by atoms with Crippen molar-refractivity contribution in [3.05, 3.63) is 64.5 Å². The molecule has 0 radical (unpaired) electrons. The molecule has 0 saturated heterocycles. The predicted octanol–water partition coefficient (Wildman–Crippen LogP) is 3.79. The number of ether oxygens (including phenoxy) is 2. The van der Waals surface area contributed by atoms with Gasteiger partial charge < -0.3 is 20.1 Å². The molecule has 6 nitrogen and oxygen atoms in total. The van der Waals surface area contributed by atoms with E-state index in [1.807, 2.05) is 36.4 Å². The average molecular weight is 395 g/mol. The zero-order valence-electron chi connectivity index (χ0n) is 15.6. The molecular formula is C21H22N4O2S. The van der Waals surface area contributed by atoms with Crippen LogP contribution in [-0.2, 0) is 13.1 Å². The van der Waals surface area contributed by atoms with Crippen LogP contribution in [0.15, 0.2) is 58.9 Å². The second kappa shape index (κ2) is 8.75. The van der Waals surface area contributed by atoms with E-state index >= 15 is 0 Å². The third-order valence-corrected chi connectivity index (χ3v) is 5.08. The van der Waals surface area contributed by atoms with Crippen LogP contribution >= 0.6 is 11.3 Å². The summed E-state index contributed by atoms with van der Waals surface area (Å²) in [5.41, 5.74) is 3.21. The third kappa shape index (κ3) is 4.43. The van der Waals surface area contributed by atoms with Crippen molar-refractivity contribution in [2.45, 2.75) is 20.0 Å². The van der Waals surface area contributed by atoms with Crippen molar-refractivity contribution < 1.29 is 9.47 Å². The minimum Gasteiger partial charge on any atom is -0.454 e. The molecule has 7 heteroatoms. The van der Waals surface area contributed by atoms with Gasteiger partial charge >= 0.3 is 0 Å². The molecule has 2 heterocycles. The van der Waals surface area contributed by atoms with E-state index < -0.39 is 0 Å². The van der Waals surface area contributed by atoms with E-state index in [-0.39, 0.29) is 6.79 Å². The van der Waals surface area contributed by atoms with Gasteiger partial charge in [0.05, 0.1) is 18.8 Å². The fourth-order valence-corrected chi connectivity index (χ4v) is 3.59. The molecule has 2 aromatic carbocycles. The van der Waals surface area contributed by atoms with Crippen molar-refractivity contribution in [2.24, 2.45) is 4.99 Å². The van der Waals surface area contributed by atoms with Crippen LogP contribution in [-0.4, -0.2) is 24.3 Å². The highest BCUT2D eigenvalue weighted by atomic mass is 32.1. The Bertz CT molecular complexity index is 956. The smallest absolute Gasteiger partial charge is 0.231 e. The number of thiazole rings is 1. The molecular weight excluding hydrogens is 372 g/mol. The van der Waals surface area contributed by atoms with Crippen molar-refractivity contribution in [1.82, 2.24) is 15.6 Å². The van der Waals surface area contributed by atoms with Gasteiger partial charge in [0.25, 0.3) is 0 Å². The van der Waals surface area contributed by atoms with Gasteiger partial charge in [-0.3, -0.25) is 0 Å². The number of guanidine groups is 1. The molecule has 4 rings (SSSR count). The van der Waals surface area contributed by atoms with Gasteiger partial charge in [-0.2, -0.15) is 0 Å². The Labute approximate surface area is 168 Å². The van der Waals surface area contributed by atoms with Gasteiger partial charge in [0.15, 0.2) is 17.5 Å². The fourth-order valence-electron chi connectivity index (χ4n) is 2.84. The molecule has 0 unspecified atom stereocenters. The molecule has 0 spiro atoms. The lowest BCUT2D eigenvalue weighted by Crippen LogP contribution is -2.36. The number of nitrogens with one attached hydrogen (secondary N) is 2. The summed E-state index contributed by atoms with van der Waals surface area (Å²) < 4.78 is 10.8. The lowest BCUT2D eigenvalue weighted by atomic mass is 10.2. The topological polar surface area (TPSA) is 67.8 Å². The number of fused-ring (bicyclic) bond motifs is 1. The normalized spacial score (nSPS) is 12.8. The first-order valence-corrected chi connectivity index (χ1v) is 10.1. The summed E-state index contributed by atoms with van der Waals surface area (Å²) in [4.78, 5) is 9.38. The highest BCUT2D eigenvalue weighted by molar-refractivity contribution is 7.09. The summed E-state index contributed by atoms with van der Waals surface area (Å²) in [5.74, 6) is 2.33. The van der Waals surface area contributed by atoms with Crippen molar-refractivity contribution in [3.63, 3.8) is 0 Å². The monoisotopic (exact) mass is 394 g/mol. The molecule has 0 saturated carbocycles. The van der Waals surface area contributed by atoms with Crippen molar-refractivity contribution in [2.75, 3.05) is 13.3 Å². The first-order valence-electron chi connectivity index (χ1n) is 9.22. The van der Waals surface area contributed by atoms with Crippen LogP contribution in [0.3, 0.4) is 0 Å². The number of rotatable bonds is 6. The Morgan fingerprint density at radius 2 is 1.96 bits per heavy atom. The van der Waals surface area contributed by atoms with E-state index in [1.165, 1.54) is 0 Å². The molecule has 0 aliphatic carbocycles. The molecule has 144 valence electrons. The maximum absolute atomic E-state index is 5.43. The third-order valence-electron chi connectivity index (χ3n) is 4.23. The van der Waals surface area contributed by atoms with Crippen LogP contribution < -0.4 is 20.1 Å². The number of aliphatic imine (C=N–C) groups is 1. The van der Waals surface area contributed by atoms with E-state index in [2.05, 4.69) is 40.1 Å².